The molecule has 2 aromatic rings. The third kappa shape index (κ3) is 2.05. The normalized spacial score (nSPS) is 24.0. The number of imidazole rings is 1. The molecular formula is C13H17N3O. The number of rotatable bonds is 1. The molecule has 0 aliphatic carbocycles. The molecule has 1 N–H and O–H groups in total. The molecule has 0 aromatic carbocycles. The number of nitrogens with one attached hydrogen (secondary N) is 1. The molecule has 3 heterocycles. The van der Waals surface area contributed by atoms with Gasteiger partial charge in [-0.25, -0.2) is 9.97 Å². The molecule has 0 spiro atoms. The Morgan fingerprint density at radius 2 is 2.35 bits per heavy atom. The van der Waals surface area contributed by atoms with E-state index in [1.165, 1.54) is 0 Å². The highest BCUT2D eigenvalue weighted by molar-refractivity contribution is 5.70. The molecule has 0 amide bonds. The molecule has 1 unspecified atom stereocenters. The number of pyridine rings is 1. The van der Waals surface area contributed by atoms with Gasteiger partial charge in [-0.1, -0.05) is 0 Å². The fourth-order valence-corrected chi connectivity index (χ4v) is 2.52. The van der Waals surface area contributed by atoms with Gasteiger partial charge in [-0.05, 0) is 38.8 Å². The van der Waals surface area contributed by atoms with E-state index in [2.05, 4.69) is 28.8 Å². The molecular weight excluding hydrogens is 214 g/mol. The van der Waals surface area contributed by atoms with Gasteiger partial charge in [0, 0.05) is 18.7 Å². The van der Waals surface area contributed by atoms with Crippen molar-refractivity contribution in [2.75, 3.05) is 6.61 Å². The Hall–Kier alpha value is -1.42. The van der Waals surface area contributed by atoms with E-state index < -0.39 is 0 Å². The topological polar surface area (TPSA) is 50.8 Å². The van der Waals surface area contributed by atoms with Gasteiger partial charge >= 0.3 is 0 Å². The van der Waals surface area contributed by atoms with Gasteiger partial charge in [0.05, 0.1) is 5.60 Å². The molecule has 0 bridgehead atoms. The van der Waals surface area contributed by atoms with Gasteiger partial charge in [0.25, 0.3) is 0 Å². The number of H-pyrrole nitrogens is 1. The first-order chi connectivity index (χ1) is 8.14. The smallest absolute Gasteiger partial charge is 0.157 e. The standard InChI is InChI=1S/C13H17N3O/c1-13(2)8-9(5-7-17-13)11-15-10-4-3-6-14-12(10)16-11/h3-4,6,9H,5,7-8H2,1-2H3,(H,14,15,16). The second kappa shape index (κ2) is 3.81. The first-order valence-electron chi connectivity index (χ1n) is 6.09. The second-order valence-corrected chi connectivity index (χ2v) is 5.29. The Morgan fingerprint density at radius 1 is 1.47 bits per heavy atom. The summed E-state index contributed by atoms with van der Waals surface area (Å²) in [6, 6.07) is 3.91. The lowest BCUT2D eigenvalue weighted by Gasteiger charge is -2.34. The molecule has 4 nitrogen and oxygen atoms in total. The molecule has 17 heavy (non-hydrogen) atoms. The fraction of sp³-hybridized carbons (Fsp3) is 0.538. The molecule has 3 rings (SSSR count). The lowest BCUT2D eigenvalue weighted by atomic mass is 9.88. The summed E-state index contributed by atoms with van der Waals surface area (Å²) in [7, 11) is 0. The van der Waals surface area contributed by atoms with E-state index in [-0.39, 0.29) is 5.60 Å². The quantitative estimate of drug-likeness (QED) is 0.820. The summed E-state index contributed by atoms with van der Waals surface area (Å²) in [5.41, 5.74) is 1.79. The highest BCUT2D eigenvalue weighted by Gasteiger charge is 2.31. The van der Waals surface area contributed by atoms with Crippen LogP contribution in [-0.2, 0) is 4.74 Å². The van der Waals surface area contributed by atoms with E-state index in [4.69, 9.17) is 4.74 Å². The van der Waals surface area contributed by atoms with Crippen molar-refractivity contribution in [1.82, 2.24) is 15.0 Å². The van der Waals surface area contributed by atoms with Crippen molar-refractivity contribution in [1.29, 1.82) is 0 Å². The summed E-state index contributed by atoms with van der Waals surface area (Å²) in [6.45, 7) is 5.09. The molecule has 4 heteroatoms. The summed E-state index contributed by atoms with van der Waals surface area (Å²) in [4.78, 5) is 12.2. The van der Waals surface area contributed by atoms with Crippen molar-refractivity contribution in [3.63, 3.8) is 0 Å². The van der Waals surface area contributed by atoms with Gasteiger partial charge in [0.2, 0.25) is 0 Å². The summed E-state index contributed by atoms with van der Waals surface area (Å²) in [5, 5.41) is 0. The van der Waals surface area contributed by atoms with E-state index in [1.54, 1.807) is 6.20 Å². The molecule has 0 radical (unpaired) electrons. The maximum atomic E-state index is 5.73. The van der Waals surface area contributed by atoms with Crippen molar-refractivity contribution in [2.45, 2.75) is 38.2 Å². The Balaban J connectivity index is 1.93. The number of nitrogens with zero attached hydrogens (tertiary/aromatic N) is 2. The SMILES string of the molecule is CC1(C)CC(c2nc3cccnc3[nH]2)CCO1. The van der Waals surface area contributed by atoms with Crippen LogP contribution in [0.5, 0.6) is 0 Å². The maximum absolute atomic E-state index is 5.73. The van der Waals surface area contributed by atoms with Crippen LogP contribution in [0.4, 0.5) is 0 Å². The van der Waals surface area contributed by atoms with E-state index in [1.807, 2.05) is 12.1 Å². The van der Waals surface area contributed by atoms with Crippen LogP contribution >= 0.6 is 0 Å². The Bertz CT molecular complexity index is 499. The predicted octanol–water partition coefficient (Wildman–Crippen LogP) is 2.63. The maximum Gasteiger partial charge on any atom is 0.157 e. The Kier molecular flexibility index (Phi) is 2.40. The van der Waals surface area contributed by atoms with Gasteiger partial charge in [-0.2, -0.15) is 0 Å². The molecule has 90 valence electrons. The minimum atomic E-state index is -0.0463. The molecule has 2 aromatic heterocycles. The minimum absolute atomic E-state index is 0.0463. The first-order valence-corrected chi connectivity index (χ1v) is 6.09. The number of ether oxygens (including phenoxy) is 1. The lowest BCUT2D eigenvalue weighted by Crippen LogP contribution is -2.33. The van der Waals surface area contributed by atoms with Crippen molar-refractivity contribution < 1.29 is 4.74 Å². The average molecular weight is 231 g/mol. The van der Waals surface area contributed by atoms with Crippen molar-refractivity contribution in [2.24, 2.45) is 0 Å². The van der Waals surface area contributed by atoms with Crippen LogP contribution in [0.15, 0.2) is 18.3 Å². The monoisotopic (exact) mass is 231 g/mol. The summed E-state index contributed by atoms with van der Waals surface area (Å²) in [5.74, 6) is 1.50. The highest BCUT2D eigenvalue weighted by atomic mass is 16.5. The van der Waals surface area contributed by atoms with Crippen molar-refractivity contribution >= 4 is 11.2 Å². The average Bonchev–Trinajstić information content (AvgIpc) is 2.71. The Morgan fingerprint density at radius 3 is 3.12 bits per heavy atom. The number of fused-ring (bicyclic) bond motifs is 1. The van der Waals surface area contributed by atoms with E-state index >= 15 is 0 Å². The highest BCUT2D eigenvalue weighted by Crippen LogP contribution is 2.34. The van der Waals surface area contributed by atoms with Crippen LogP contribution in [0.1, 0.15) is 38.4 Å². The third-order valence-electron chi connectivity index (χ3n) is 3.36. The van der Waals surface area contributed by atoms with E-state index in [0.717, 1.165) is 36.4 Å². The van der Waals surface area contributed by atoms with Gasteiger partial charge < -0.3 is 9.72 Å². The molecule has 1 aliphatic heterocycles. The zero-order valence-electron chi connectivity index (χ0n) is 10.2. The largest absolute Gasteiger partial charge is 0.376 e. The lowest BCUT2D eigenvalue weighted by molar-refractivity contribution is -0.0602. The molecule has 1 aliphatic rings. The van der Waals surface area contributed by atoms with Gasteiger partial charge in [0.1, 0.15) is 11.3 Å². The number of aromatic nitrogens is 3. The fourth-order valence-electron chi connectivity index (χ4n) is 2.52. The van der Waals surface area contributed by atoms with Crippen molar-refractivity contribution in [3.8, 4) is 0 Å². The number of hydrogen-bond donors (Lipinski definition) is 1. The third-order valence-corrected chi connectivity index (χ3v) is 3.36. The van der Waals surface area contributed by atoms with E-state index in [0.29, 0.717) is 5.92 Å². The predicted molar refractivity (Wildman–Crippen MR) is 65.9 cm³/mol. The van der Waals surface area contributed by atoms with Crippen LogP contribution in [-0.4, -0.2) is 27.2 Å². The molecule has 1 saturated heterocycles. The summed E-state index contributed by atoms with van der Waals surface area (Å²) < 4.78 is 5.73. The molecule has 1 atom stereocenters. The summed E-state index contributed by atoms with van der Waals surface area (Å²) in [6.07, 6.45) is 3.83. The second-order valence-electron chi connectivity index (χ2n) is 5.29. The van der Waals surface area contributed by atoms with Crippen LogP contribution < -0.4 is 0 Å². The van der Waals surface area contributed by atoms with Crippen LogP contribution in [0.2, 0.25) is 0 Å². The zero-order chi connectivity index (χ0) is 11.9. The number of hydrogen-bond acceptors (Lipinski definition) is 3. The van der Waals surface area contributed by atoms with Crippen molar-refractivity contribution in [3.05, 3.63) is 24.2 Å². The van der Waals surface area contributed by atoms with Gasteiger partial charge in [-0.3, -0.25) is 0 Å². The van der Waals surface area contributed by atoms with Crippen LogP contribution in [0.25, 0.3) is 11.2 Å². The van der Waals surface area contributed by atoms with Gasteiger partial charge in [0.15, 0.2) is 5.65 Å². The van der Waals surface area contributed by atoms with E-state index in [9.17, 15) is 0 Å². The Labute approximate surface area is 100 Å². The number of aromatic amines is 1. The first kappa shape index (κ1) is 10.7. The van der Waals surface area contributed by atoms with Crippen LogP contribution in [0, 0.1) is 0 Å². The van der Waals surface area contributed by atoms with Crippen LogP contribution in [0.3, 0.4) is 0 Å². The van der Waals surface area contributed by atoms with Gasteiger partial charge in [-0.15, -0.1) is 0 Å². The molecule has 0 saturated carbocycles. The zero-order valence-corrected chi connectivity index (χ0v) is 10.2. The molecule has 1 fully saturated rings. The minimum Gasteiger partial charge on any atom is -0.376 e. The summed E-state index contributed by atoms with van der Waals surface area (Å²) >= 11 is 0.